The van der Waals surface area contributed by atoms with Crippen LogP contribution in [-0.4, -0.2) is 37.5 Å². The molecule has 1 amide bonds. The summed E-state index contributed by atoms with van der Waals surface area (Å²) >= 11 is 1.43. The normalized spacial score (nSPS) is 27.7. The second kappa shape index (κ2) is 6.69. The minimum absolute atomic E-state index is 0.0266. The van der Waals surface area contributed by atoms with Crippen molar-refractivity contribution < 1.29 is 13.2 Å². The van der Waals surface area contributed by atoms with Gasteiger partial charge in [0, 0.05) is 18.0 Å². The number of carbonyl (C=O) groups is 1. The lowest BCUT2D eigenvalue weighted by Crippen LogP contribution is -2.44. The molecule has 1 saturated carbocycles. The molecule has 0 spiro atoms. The van der Waals surface area contributed by atoms with Crippen LogP contribution >= 0.6 is 11.8 Å². The quantitative estimate of drug-likeness (QED) is 0.890. The van der Waals surface area contributed by atoms with Gasteiger partial charge in [-0.05, 0) is 36.5 Å². The summed E-state index contributed by atoms with van der Waals surface area (Å²) in [6.45, 7) is 4.34. The third kappa shape index (κ3) is 3.21. The number of fused-ring (bicyclic) bond motifs is 1. The van der Waals surface area contributed by atoms with Crippen LogP contribution in [0.5, 0.6) is 0 Å². The minimum Gasteiger partial charge on any atom is -0.324 e. The molecule has 1 aromatic rings. The summed E-state index contributed by atoms with van der Waals surface area (Å²) in [5.41, 5.74) is 0.593. The van der Waals surface area contributed by atoms with Gasteiger partial charge < -0.3 is 5.32 Å². The van der Waals surface area contributed by atoms with Gasteiger partial charge in [0.15, 0.2) is 0 Å². The number of rotatable bonds is 3. The zero-order chi connectivity index (χ0) is 17.5. The second-order valence-electron chi connectivity index (χ2n) is 6.85. The number of anilines is 1. The van der Waals surface area contributed by atoms with Gasteiger partial charge in [-0.15, -0.1) is 11.8 Å². The fraction of sp³-hybridized carbons (Fsp3) is 0.588. The van der Waals surface area contributed by atoms with E-state index in [0.717, 1.165) is 24.2 Å². The Morgan fingerprint density at radius 1 is 1.25 bits per heavy atom. The number of hydrogen-bond acceptors (Lipinski definition) is 4. The molecule has 5 nitrogen and oxygen atoms in total. The van der Waals surface area contributed by atoms with E-state index < -0.39 is 10.0 Å². The van der Waals surface area contributed by atoms with Gasteiger partial charge in [0.05, 0.1) is 16.3 Å². The molecule has 0 bridgehead atoms. The first-order valence-corrected chi connectivity index (χ1v) is 10.8. The number of sulfonamides is 1. The van der Waals surface area contributed by atoms with Crippen LogP contribution < -0.4 is 5.32 Å². The summed E-state index contributed by atoms with van der Waals surface area (Å²) in [7, 11) is -1.89. The van der Waals surface area contributed by atoms with E-state index in [2.05, 4.69) is 19.2 Å². The topological polar surface area (TPSA) is 66.5 Å². The molecular weight excluding hydrogens is 344 g/mol. The summed E-state index contributed by atoms with van der Waals surface area (Å²) in [6.07, 6.45) is 3.12. The average molecular weight is 369 g/mol. The molecule has 1 heterocycles. The van der Waals surface area contributed by atoms with Crippen LogP contribution in [0.15, 0.2) is 28.0 Å². The maximum Gasteiger partial charge on any atom is 0.243 e. The number of benzene rings is 1. The highest BCUT2D eigenvalue weighted by Crippen LogP contribution is 2.37. The summed E-state index contributed by atoms with van der Waals surface area (Å²) < 4.78 is 27.6. The number of hydrogen-bond donors (Lipinski definition) is 1. The highest BCUT2D eigenvalue weighted by Gasteiger charge is 2.36. The van der Waals surface area contributed by atoms with Crippen molar-refractivity contribution in [3.63, 3.8) is 0 Å². The molecule has 1 aromatic carbocycles. The lowest BCUT2D eigenvalue weighted by Gasteiger charge is -2.39. The van der Waals surface area contributed by atoms with Crippen molar-refractivity contribution in [2.24, 2.45) is 11.8 Å². The monoisotopic (exact) mass is 368 g/mol. The van der Waals surface area contributed by atoms with E-state index in [1.165, 1.54) is 16.1 Å². The Kier molecular flexibility index (Phi) is 4.95. The van der Waals surface area contributed by atoms with E-state index in [4.69, 9.17) is 0 Å². The predicted molar refractivity (Wildman–Crippen MR) is 96.7 cm³/mol. The van der Waals surface area contributed by atoms with Crippen LogP contribution in [0.4, 0.5) is 5.69 Å². The Hall–Kier alpha value is -1.05. The van der Waals surface area contributed by atoms with Crippen molar-refractivity contribution >= 4 is 33.4 Å². The molecule has 1 aliphatic carbocycles. The number of thioether (sulfide) groups is 1. The Morgan fingerprint density at radius 3 is 2.75 bits per heavy atom. The van der Waals surface area contributed by atoms with Gasteiger partial charge in [0.25, 0.3) is 0 Å². The van der Waals surface area contributed by atoms with Gasteiger partial charge in [0.2, 0.25) is 15.9 Å². The lowest BCUT2D eigenvalue weighted by molar-refractivity contribution is -0.113. The van der Waals surface area contributed by atoms with Crippen LogP contribution in [0.3, 0.4) is 0 Å². The van der Waals surface area contributed by atoms with Gasteiger partial charge in [-0.2, -0.15) is 4.31 Å². The van der Waals surface area contributed by atoms with Gasteiger partial charge in [0.1, 0.15) is 0 Å². The van der Waals surface area contributed by atoms with Crippen LogP contribution in [-0.2, 0) is 14.8 Å². The number of nitrogens with one attached hydrogen (secondary N) is 1. The molecule has 3 unspecified atom stereocenters. The Balaban J connectivity index is 1.90. The molecule has 24 heavy (non-hydrogen) atoms. The second-order valence-corrected chi connectivity index (χ2v) is 9.87. The molecular formula is C17H24N2O3S2. The fourth-order valence-electron chi connectivity index (χ4n) is 3.63. The van der Waals surface area contributed by atoms with Crippen molar-refractivity contribution in [1.29, 1.82) is 0 Å². The van der Waals surface area contributed by atoms with Crippen LogP contribution in [0.1, 0.15) is 33.1 Å². The summed E-state index contributed by atoms with van der Waals surface area (Å²) in [5, 5.41) is 2.76. The molecule has 1 fully saturated rings. The predicted octanol–water partition coefficient (Wildman–Crippen LogP) is 3.18. The standard InChI is InChI=1S/C17H24N2O3S2/c1-11-5-4-6-15(12(11)2)19(3)24(21,22)13-7-8-16-14(9-13)18-17(20)10-23-16/h7-9,11-12,15H,4-6,10H2,1-3H3,(H,18,20). The molecule has 0 saturated heterocycles. The van der Waals surface area contributed by atoms with Crippen molar-refractivity contribution in [2.45, 2.75) is 48.9 Å². The molecule has 7 heteroatoms. The number of amides is 1. The van der Waals surface area contributed by atoms with E-state index in [-0.39, 0.29) is 16.8 Å². The Bertz CT molecular complexity index is 748. The molecule has 1 N–H and O–H groups in total. The number of carbonyl (C=O) groups excluding carboxylic acids is 1. The van der Waals surface area contributed by atoms with E-state index in [1.54, 1.807) is 25.2 Å². The van der Waals surface area contributed by atoms with Gasteiger partial charge in [-0.1, -0.05) is 26.7 Å². The number of nitrogens with zero attached hydrogens (tertiary/aromatic N) is 1. The largest absolute Gasteiger partial charge is 0.324 e. The van der Waals surface area contributed by atoms with Crippen molar-refractivity contribution in [3.8, 4) is 0 Å². The van der Waals surface area contributed by atoms with E-state index in [9.17, 15) is 13.2 Å². The Labute approximate surface area is 148 Å². The van der Waals surface area contributed by atoms with Crippen LogP contribution in [0.25, 0.3) is 0 Å². The molecule has 3 atom stereocenters. The van der Waals surface area contributed by atoms with E-state index >= 15 is 0 Å². The maximum absolute atomic E-state index is 13.1. The highest BCUT2D eigenvalue weighted by molar-refractivity contribution is 8.00. The first-order valence-electron chi connectivity index (χ1n) is 8.35. The molecule has 1 aliphatic heterocycles. The fourth-order valence-corrected chi connectivity index (χ4v) is 5.92. The summed E-state index contributed by atoms with van der Waals surface area (Å²) in [6, 6.07) is 5.04. The van der Waals surface area contributed by atoms with Gasteiger partial charge in [-0.3, -0.25) is 4.79 Å². The van der Waals surface area contributed by atoms with E-state index in [0.29, 0.717) is 23.3 Å². The lowest BCUT2D eigenvalue weighted by atomic mass is 9.78. The molecule has 0 aromatic heterocycles. The zero-order valence-electron chi connectivity index (χ0n) is 14.3. The first kappa shape index (κ1) is 17.8. The van der Waals surface area contributed by atoms with Crippen LogP contribution in [0, 0.1) is 11.8 Å². The zero-order valence-corrected chi connectivity index (χ0v) is 15.9. The third-order valence-corrected chi connectivity index (χ3v) is 8.34. The van der Waals surface area contributed by atoms with Gasteiger partial charge >= 0.3 is 0 Å². The molecule has 2 aliphatic rings. The van der Waals surface area contributed by atoms with E-state index in [1.807, 2.05) is 0 Å². The van der Waals surface area contributed by atoms with Crippen molar-refractivity contribution in [3.05, 3.63) is 18.2 Å². The highest BCUT2D eigenvalue weighted by atomic mass is 32.2. The minimum atomic E-state index is -3.57. The molecule has 132 valence electrons. The maximum atomic E-state index is 13.1. The third-order valence-electron chi connectivity index (χ3n) is 5.39. The van der Waals surface area contributed by atoms with Gasteiger partial charge in [-0.25, -0.2) is 8.42 Å². The molecule has 0 radical (unpaired) electrons. The Morgan fingerprint density at radius 2 is 2.00 bits per heavy atom. The van der Waals surface area contributed by atoms with Crippen LogP contribution in [0.2, 0.25) is 0 Å². The van der Waals surface area contributed by atoms with Crippen molar-refractivity contribution in [2.75, 3.05) is 18.1 Å². The van der Waals surface area contributed by atoms with Crippen molar-refractivity contribution in [1.82, 2.24) is 4.31 Å². The first-order chi connectivity index (χ1) is 11.3. The smallest absolute Gasteiger partial charge is 0.243 e. The summed E-state index contributed by atoms with van der Waals surface area (Å²) in [5.74, 6) is 1.15. The average Bonchev–Trinajstić information content (AvgIpc) is 2.56. The molecule has 3 rings (SSSR count). The SMILES string of the molecule is CC1CCCC(N(C)S(=O)(=O)c2ccc3c(c2)NC(=O)CS3)C1C. The summed E-state index contributed by atoms with van der Waals surface area (Å²) in [4.78, 5) is 12.7.